The normalized spacial score (nSPS) is 11.3. The summed E-state index contributed by atoms with van der Waals surface area (Å²) in [7, 11) is 0. The molecule has 33 heavy (non-hydrogen) atoms. The molecule has 0 aliphatic heterocycles. The number of hydrogen-bond acceptors (Lipinski definition) is 2. The molecule has 168 valence electrons. The van der Waals surface area contributed by atoms with Gasteiger partial charge in [0.25, 0.3) is 5.91 Å². The molecule has 0 aliphatic rings. The zero-order valence-corrected chi connectivity index (χ0v) is 19.9. The third-order valence-corrected chi connectivity index (χ3v) is 6.11. The molecule has 4 aromatic rings. The molecule has 0 aliphatic carbocycles. The van der Waals surface area contributed by atoms with Crippen LogP contribution in [0.4, 0.5) is 0 Å². The van der Waals surface area contributed by atoms with Crippen LogP contribution in [-0.4, -0.2) is 21.3 Å². The molecule has 0 spiro atoms. The number of amides is 1. The van der Waals surface area contributed by atoms with E-state index < -0.39 is 0 Å². The monoisotopic (exact) mass is 438 g/mol. The number of hydrazone groups is 1. The lowest BCUT2D eigenvalue weighted by atomic mass is 10.1. The molecular weight excluding hydrogens is 408 g/mol. The number of nitrogens with one attached hydrogen (secondary N) is 1. The Morgan fingerprint density at radius 2 is 1.55 bits per heavy atom. The van der Waals surface area contributed by atoms with E-state index in [0.717, 1.165) is 40.4 Å². The fourth-order valence-corrected chi connectivity index (χ4v) is 4.38. The zero-order valence-electron chi connectivity index (χ0n) is 19.9. The summed E-state index contributed by atoms with van der Waals surface area (Å²) >= 11 is 0. The molecule has 0 saturated carbocycles. The first kappa shape index (κ1) is 22.3. The van der Waals surface area contributed by atoms with E-state index >= 15 is 0 Å². The minimum atomic E-state index is -0.233. The van der Waals surface area contributed by atoms with Gasteiger partial charge in [-0.1, -0.05) is 25.1 Å². The predicted molar refractivity (Wildman–Crippen MR) is 135 cm³/mol. The maximum absolute atomic E-state index is 12.6. The predicted octanol–water partition coefficient (Wildman–Crippen LogP) is 5.83. The molecule has 0 fully saturated rings. The number of nitrogens with zero attached hydrogens (tertiary/aromatic N) is 3. The van der Waals surface area contributed by atoms with Gasteiger partial charge in [0, 0.05) is 45.3 Å². The van der Waals surface area contributed by atoms with Crippen molar-refractivity contribution in [1.82, 2.24) is 14.6 Å². The van der Waals surface area contributed by atoms with Gasteiger partial charge in [0.05, 0.1) is 6.21 Å². The van der Waals surface area contributed by atoms with Crippen LogP contribution in [0, 0.1) is 27.7 Å². The summed E-state index contributed by atoms with van der Waals surface area (Å²) in [5.41, 5.74) is 12.3. The van der Waals surface area contributed by atoms with Crippen LogP contribution >= 0.6 is 0 Å². The number of carbonyl (C=O) groups excluding carboxylic acids is 1. The number of aromatic nitrogens is 2. The van der Waals surface area contributed by atoms with Crippen LogP contribution in [-0.2, 0) is 6.42 Å². The van der Waals surface area contributed by atoms with Gasteiger partial charge in [0.2, 0.25) is 0 Å². The summed E-state index contributed by atoms with van der Waals surface area (Å²) in [4.78, 5) is 12.6. The minimum Gasteiger partial charge on any atom is -0.319 e. The molecule has 5 nitrogen and oxygen atoms in total. The van der Waals surface area contributed by atoms with Gasteiger partial charge in [0.15, 0.2) is 0 Å². The Morgan fingerprint density at radius 3 is 2.21 bits per heavy atom. The zero-order chi connectivity index (χ0) is 23.5. The largest absolute Gasteiger partial charge is 0.319 e. The Kier molecular flexibility index (Phi) is 6.31. The van der Waals surface area contributed by atoms with Crippen LogP contribution in [0.2, 0.25) is 0 Å². The molecule has 1 N–H and O–H groups in total. The third kappa shape index (κ3) is 4.40. The van der Waals surface area contributed by atoms with Crippen LogP contribution in [0.1, 0.15) is 51.2 Å². The number of carbonyl (C=O) groups is 1. The summed E-state index contributed by atoms with van der Waals surface area (Å²) in [5.74, 6) is -0.233. The van der Waals surface area contributed by atoms with Crippen molar-refractivity contribution in [1.29, 1.82) is 0 Å². The van der Waals surface area contributed by atoms with Crippen molar-refractivity contribution in [2.75, 3.05) is 0 Å². The van der Waals surface area contributed by atoms with Gasteiger partial charge in [-0.3, -0.25) is 4.79 Å². The van der Waals surface area contributed by atoms with Gasteiger partial charge >= 0.3 is 0 Å². The van der Waals surface area contributed by atoms with E-state index in [0.29, 0.717) is 5.56 Å². The SMILES string of the molecule is CCc1ccccc1-n1c(C)cc(/C=N\NC(=O)c2ccc(-n3c(C)ccc3C)cc2)c1C. The maximum Gasteiger partial charge on any atom is 0.271 e. The first-order chi connectivity index (χ1) is 15.9. The summed E-state index contributed by atoms with van der Waals surface area (Å²) in [6, 6.07) is 22.3. The Bertz CT molecular complexity index is 1300. The molecule has 2 heterocycles. The topological polar surface area (TPSA) is 51.3 Å². The average Bonchev–Trinajstić information content (AvgIpc) is 3.30. The molecule has 0 radical (unpaired) electrons. The highest BCUT2D eigenvalue weighted by Crippen LogP contribution is 2.23. The lowest BCUT2D eigenvalue weighted by molar-refractivity contribution is 0.0955. The van der Waals surface area contributed by atoms with E-state index in [2.05, 4.69) is 96.7 Å². The molecule has 2 aromatic heterocycles. The number of benzene rings is 2. The van der Waals surface area contributed by atoms with Crippen molar-refractivity contribution in [2.24, 2.45) is 5.10 Å². The van der Waals surface area contributed by atoms with Crippen molar-refractivity contribution in [3.8, 4) is 11.4 Å². The summed E-state index contributed by atoms with van der Waals surface area (Å²) in [5, 5.41) is 4.23. The standard InChI is InChI=1S/C28H30N4O/c1-6-23-9-7-8-10-27(23)32-21(4)17-25(22(32)5)18-29-30-28(33)24-13-15-26(16-14-24)31-19(2)11-12-20(31)3/h7-18H,6H2,1-5H3,(H,30,33)/b29-18-. The lowest BCUT2D eigenvalue weighted by Crippen LogP contribution is -2.17. The molecule has 0 unspecified atom stereocenters. The van der Waals surface area contributed by atoms with E-state index in [9.17, 15) is 4.79 Å². The van der Waals surface area contributed by atoms with Gasteiger partial charge in [-0.15, -0.1) is 0 Å². The summed E-state index contributed by atoms with van der Waals surface area (Å²) in [6.07, 6.45) is 2.68. The van der Waals surface area contributed by atoms with Crippen LogP contribution in [0.25, 0.3) is 11.4 Å². The highest BCUT2D eigenvalue weighted by atomic mass is 16.2. The highest BCUT2D eigenvalue weighted by molar-refractivity contribution is 5.95. The van der Waals surface area contributed by atoms with Crippen molar-refractivity contribution in [3.63, 3.8) is 0 Å². The van der Waals surface area contributed by atoms with Crippen molar-refractivity contribution in [3.05, 3.63) is 106 Å². The van der Waals surface area contributed by atoms with E-state index in [1.54, 1.807) is 6.21 Å². The summed E-state index contributed by atoms with van der Waals surface area (Å²) in [6.45, 7) is 10.5. The quantitative estimate of drug-likeness (QED) is 0.299. The van der Waals surface area contributed by atoms with E-state index in [1.165, 1.54) is 11.3 Å². The van der Waals surface area contributed by atoms with Gasteiger partial charge in [0.1, 0.15) is 0 Å². The number of rotatable bonds is 6. The molecular formula is C28H30N4O. The molecule has 2 aromatic carbocycles. The molecule has 0 atom stereocenters. The first-order valence-corrected chi connectivity index (χ1v) is 11.3. The van der Waals surface area contributed by atoms with Gasteiger partial charge in [-0.05, 0) is 88.2 Å². The fourth-order valence-electron chi connectivity index (χ4n) is 4.38. The first-order valence-electron chi connectivity index (χ1n) is 11.3. The van der Waals surface area contributed by atoms with E-state index in [4.69, 9.17) is 0 Å². The van der Waals surface area contributed by atoms with Gasteiger partial charge in [-0.25, -0.2) is 5.43 Å². The van der Waals surface area contributed by atoms with Crippen LogP contribution < -0.4 is 5.43 Å². The third-order valence-electron chi connectivity index (χ3n) is 6.11. The second kappa shape index (κ2) is 9.33. The van der Waals surface area contributed by atoms with E-state index in [1.807, 2.05) is 24.3 Å². The van der Waals surface area contributed by atoms with Crippen molar-refractivity contribution >= 4 is 12.1 Å². The van der Waals surface area contributed by atoms with Crippen LogP contribution in [0.15, 0.2) is 71.8 Å². The molecule has 4 rings (SSSR count). The molecule has 0 saturated heterocycles. The van der Waals surface area contributed by atoms with E-state index in [-0.39, 0.29) is 5.91 Å². The number of aryl methyl sites for hydroxylation is 4. The Morgan fingerprint density at radius 1 is 0.879 bits per heavy atom. The minimum absolute atomic E-state index is 0.233. The second-order valence-electron chi connectivity index (χ2n) is 8.34. The van der Waals surface area contributed by atoms with Crippen molar-refractivity contribution < 1.29 is 4.79 Å². The number of para-hydroxylation sites is 1. The Hall–Kier alpha value is -3.86. The van der Waals surface area contributed by atoms with Crippen LogP contribution in [0.3, 0.4) is 0 Å². The molecule has 1 amide bonds. The second-order valence-corrected chi connectivity index (χ2v) is 8.34. The average molecular weight is 439 g/mol. The molecule has 0 bridgehead atoms. The summed E-state index contributed by atoms with van der Waals surface area (Å²) < 4.78 is 4.40. The van der Waals surface area contributed by atoms with Gasteiger partial charge in [-0.2, -0.15) is 5.10 Å². The van der Waals surface area contributed by atoms with Gasteiger partial charge < -0.3 is 9.13 Å². The highest BCUT2D eigenvalue weighted by Gasteiger charge is 2.12. The lowest BCUT2D eigenvalue weighted by Gasteiger charge is -2.13. The Balaban J connectivity index is 1.49. The van der Waals surface area contributed by atoms with Crippen molar-refractivity contribution in [2.45, 2.75) is 41.0 Å². The Labute approximate surface area is 195 Å². The number of hydrogen-bond donors (Lipinski definition) is 1. The molecule has 5 heteroatoms. The van der Waals surface area contributed by atoms with Crippen LogP contribution in [0.5, 0.6) is 0 Å². The smallest absolute Gasteiger partial charge is 0.271 e. The fraction of sp³-hybridized carbons (Fsp3) is 0.214. The maximum atomic E-state index is 12.6.